The van der Waals surface area contributed by atoms with Gasteiger partial charge in [0, 0.05) is 43.4 Å². The molecule has 1 atom stereocenters. The highest BCUT2D eigenvalue weighted by Crippen LogP contribution is 2.32. The van der Waals surface area contributed by atoms with Crippen molar-refractivity contribution in [2.75, 3.05) is 51.0 Å². The molecule has 1 saturated heterocycles. The normalized spacial score (nSPS) is 16.5. The summed E-state index contributed by atoms with van der Waals surface area (Å²) in [6.45, 7) is 5.29. The topological polar surface area (TPSA) is 54.4 Å². The van der Waals surface area contributed by atoms with Crippen LogP contribution in [0.2, 0.25) is 5.02 Å². The van der Waals surface area contributed by atoms with Gasteiger partial charge in [-0.1, -0.05) is 23.7 Å². The quantitative estimate of drug-likeness (QED) is 0.657. The van der Waals surface area contributed by atoms with Crippen molar-refractivity contribution in [2.24, 2.45) is 0 Å². The first-order valence-electron chi connectivity index (χ1n) is 9.54. The monoisotopic (exact) mass is 476 g/mol. The highest BCUT2D eigenvalue weighted by atomic mass is 35.5. The average molecular weight is 478 g/mol. The van der Waals surface area contributed by atoms with E-state index >= 15 is 0 Å². The number of benzene rings is 2. The lowest BCUT2D eigenvalue weighted by Gasteiger charge is -2.36. The Kier molecular flexibility index (Phi) is 9.81. The van der Waals surface area contributed by atoms with Crippen LogP contribution >= 0.6 is 36.4 Å². The van der Waals surface area contributed by atoms with Gasteiger partial charge in [-0.05, 0) is 35.9 Å². The number of rotatable bonds is 7. The molecule has 0 radical (unpaired) electrons. The number of hydrogen-bond donors (Lipinski definition) is 1. The summed E-state index contributed by atoms with van der Waals surface area (Å²) >= 11 is 6.08. The number of aliphatic hydroxyl groups excluding tert-OH is 1. The molecule has 0 aliphatic carbocycles. The van der Waals surface area contributed by atoms with E-state index in [4.69, 9.17) is 25.8 Å². The standard InChI is InChI=1S/C21H25ClN2O4.2ClH/c22-17-2-1-3-18(11-17)24-8-6-23(7-9-24)12-19(25)14-26-13-16-4-5-20-21(10-16)28-15-27-20;;/h1-5,10-11,19,25H,6-9,12-15H2;2*1H. The van der Waals surface area contributed by atoms with E-state index in [9.17, 15) is 5.11 Å². The van der Waals surface area contributed by atoms with Crippen LogP contribution in [0.1, 0.15) is 5.56 Å². The zero-order valence-electron chi connectivity index (χ0n) is 16.5. The third kappa shape index (κ3) is 6.54. The summed E-state index contributed by atoms with van der Waals surface area (Å²) in [5.41, 5.74) is 2.16. The van der Waals surface area contributed by atoms with Crippen LogP contribution < -0.4 is 14.4 Å². The number of halogens is 3. The van der Waals surface area contributed by atoms with Crippen molar-refractivity contribution in [3.8, 4) is 11.5 Å². The summed E-state index contributed by atoms with van der Waals surface area (Å²) in [6, 6.07) is 13.7. The minimum atomic E-state index is -0.508. The lowest BCUT2D eigenvalue weighted by atomic mass is 10.2. The minimum Gasteiger partial charge on any atom is -0.454 e. The summed E-state index contributed by atoms with van der Waals surface area (Å²) in [4.78, 5) is 4.60. The second-order valence-electron chi connectivity index (χ2n) is 7.12. The van der Waals surface area contributed by atoms with Crippen LogP contribution in [-0.4, -0.2) is 62.2 Å². The number of ether oxygens (including phenoxy) is 3. The largest absolute Gasteiger partial charge is 0.454 e. The van der Waals surface area contributed by atoms with E-state index in [0.717, 1.165) is 54.0 Å². The zero-order chi connectivity index (χ0) is 19.3. The summed E-state index contributed by atoms with van der Waals surface area (Å²) in [7, 11) is 0. The van der Waals surface area contributed by atoms with Crippen molar-refractivity contribution < 1.29 is 19.3 Å². The van der Waals surface area contributed by atoms with Gasteiger partial charge in [0.05, 0.1) is 19.3 Å². The number of aliphatic hydroxyl groups is 1. The Morgan fingerprint density at radius 3 is 2.53 bits per heavy atom. The molecular formula is C21H27Cl3N2O4. The molecule has 2 aromatic rings. The minimum absolute atomic E-state index is 0. The van der Waals surface area contributed by atoms with E-state index in [1.54, 1.807) is 0 Å². The van der Waals surface area contributed by atoms with Crippen LogP contribution in [-0.2, 0) is 11.3 Å². The number of β-amino-alcohol motifs (C(OH)–C–C–N with tert-alkyl or cyclic N) is 1. The Bertz CT molecular complexity index is 804. The molecule has 166 valence electrons. The fraction of sp³-hybridized carbons (Fsp3) is 0.429. The van der Waals surface area contributed by atoms with Crippen LogP contribution in [0.25, 0.3) is 0 Å². The van der Waals surface area contributed by atoms with Gasteiger partial charge < -0.3 is 24.2 Å². The molecule has 0 aromatic heterocycles. The Morgan fingerprint density at radius 2 is 1.77 bits per heavy atom. The maximum absolute atomic E-state index is 10.3. The molecule has 2 aliphatic heterocycles. The van der Waals surface area contributed by atoms with Crippen LogP contribution in [0.15, 0.2) is 42.5 Å². The van der Waals surface area contributed by atoms with Gasteiger partial charge in [-0.2, -0.15) is 0 Å². The molecule has 1 unspecified atom stereocenters. The van der Waals surface area contributed by atoms with Gasteiger partial charge in [0.2, 0.25) is 6.79 Å². The summed E-state index contributed by atoms with van der Waals surface area (Å²) in [5, 5.41) is 11.1. The van der Waals surface area contributed by atoms with Crippen molar-refractivity contribution in [3.05, 3.63) is 53.1 Å². The molecule has 0 bridgehead atoms. The van der Waals surface area contributed by atoms with E-state index in [-0.39, 0.29) is 31.6 Å². The smallest absolute Gasteiger partial charge is 0.231 e. The lowest BCUT2D eigenvalue weighted by Crippen LogP contribution is -2.49. The highest BCUT2D eigenvalue weighted by molar-refractivity contribution is 6.30. The Morgan fingerprint density at radius 1 is 1.00 bits per heavy atom. The number of nitrogens with zero attached hydrogens (tertiary/aromatic N) is 2. The van der Waals surface area contributed by atoms with Gasteiger partial charge in [-0.15, -0.1) is 24.8 Å². The molecule has 2 heterocycles. The van der Waals surface area contributed by atoms with Gasteiger partial charge in [0.15, 0.2) is 11.5 Å². The molecule has 9 heteroatoms. The number of hydrogen-bond acceptors (Lipinski definition) is 6. The predicted molar refractivity (Wildman–Crippen MR) is 123 cm³/mol. The van der Waals surface area contributed by atoms with E-state index in [1.807, 2.05) is 36.4 Å². The first kappa shape index (κ1) is 24.9. The van der Waals surface area contributed by atoms with Crippen LogP contribution in [0.4, 0.5) is 5.69 Å². The third-order valence-electron chi connectivity index (χ3n) is 5.03. The number of piperazine rings is 1. The second-order valence-corrected chi connectivity index (χ2v) is 7.56. The fourth-order valence-electron chi connectivity index (χ4n) is 3.56. The van der Waals surface area contributed by atoms with E-state index in [0.29, 0.717) is 19.8 Å². The Balaban J connectivity index is 0.00000160. The highest BCUT2D eigenvalue weighted by Gasteiger charge is 2.20. The average Bonchev–Trinajstić information content (AvgIpc) is 3.16. The van der Waals surface area contributed by atoms with Gasteiger partial charge in [-0.25, -0.2) is 0 Å². The molecule has 0 saturated carbocycles. The van der Waals surface area contributed by atoms with Crippen molar-refractivity contribution >= 4 is 42.1 Å². The molecule has 0 spiro atoms. The third-order valence-corrected chi connectivity index (χ3v) is 5.27. The van der Waals surface area contributed by atoms with Gasteiger partial charge in [-0.3, -0.25) is 4.90 Å². The maximum Gasteiger partial charge on any atom is 0.231 e. The second kappa shape index (κ2) is 11.8. The van der Waals surface area contributed by atoms with E-state index < -0.39 is 6.10 Å². The van der Waals surface area contributed by atoms with Crippen molar-refractivity contribution in [3.63, 3.8) is 0 Å². The van der Waals surface area contributed by atoms with E-state index in [1.165, 1.54) is 0 Å². The van der Waals surface area contributed by atoms with Crippen molar-refractivity contribution in [1.29, 1.82) is 0 Å². The molecule has 2 aromatic carbocycles. The predicted octanol–water partition coefficient (Wildman–Crippen LogP) is 3.61. The molecule has 0 amide bonds. The molecule has 2 aliphatic rings. The Hall–Kier alpha value is -1.41. The Labute approximate surface area is 194 Å². The maximum atomic E-state index is 10.3. The van der Waals surface area contributed by atoms with Gasteiger partial charge in [0.25, 0.3) is 0 Å². The fourth-order valence-corrected chi connectivity index (χ4v) is 3.74. The molecular weight excluding hydrogens is 451 g/mol. The number of fused-ring (bicyclic) bond motifs is 1. The summed E-state index contributed by atoms with van der Waals surface area (Å²) < 4.78 is 16.4. The summed E-state index contributed by atoms with van der Waals surface area (Å²) in [5.74, 6) is 1.51. The van der Waals surface area contributed by atoms with Crippen LogP contribution in [0, 0.1) is 0 Å². The van der Waals surface area contributed by atoms with Crippen molar-refractivity contribution in [2.45, 2.75) is 12.7 Å². The first-order chi connectivity index (χ1) is 13.7. The number of anilines is 1. The van der Waals surface area contributed by atoms with Gasteiger partial charge >= 0.3 is 0 Å². The first-order valence-corrected chi connectivity index (χ1v) is 9.92. The SMILES string of the molecule is Cl.Cl.OC(COCc1ccc2c(c1)OCO2)CN1CCN(c2cccc(Cl)c2)CC1. The van der Waals surface area contributed by atoms with E-state index in [2.05, 4.69) is 15.9 Å². The van der Waals surface area contributed by atoms with Gasteiger partial charge in [0.1, 0.15) is 0 Å². The van der Waals surface area contributed by atoms with Crippen LogP contribution in [0.5, 0.6) is 11.5 Å². The summed E-state index contributed by atoms with van der Waals surface area (Å²) in [6.07, 6.45) is -0.508. The zero-order valence-corrected chi connectivity index (χ0v) is 18.9. The molecule has 1 fully saturated rings. The molecule has 4 rings (SSSR count). The molecule has 30 heavy (non-hydrogen) atoms. The lowest BCUT2D eigenvalue weighted by molar-refractivity contribution is 0.00911. The van der Waals surface area contributed by atoms with Crippen molar-refractivity contribution in [1.82, 2.24) is 4.90 Å². The molecule has 1 N–H and O–H groups in total. The molecule has 6 nitrogen and oxygen atoms in total. The van der Waals surface area contributed by atoms with Crippen LogP contribution in [0.3, 0.4) is 0 Å².